The molecule has 4 nitrogen and oxygen atoms in total. The Morgan fingerprint density at radius 2 is 1.82 bits per heavy atom. The average Bonchev–Trinajstić information content (AvgIpc) is 2.62. The van der Waals surface area contributed by atoms with Gasteiger partial charge in [0.25, 0.3) is 0 Å². The highest BCUT2D eigenvalue weighted by Crippen LogP contribution is 2.25. The molecule has 5 heteroatoms. The molecule has 17 heavy (non-hydrogen) atoms. The van der Waals surface area contributed by atoms with E-state index in [2.05, 4.69) is 11.9 Å². The molecule has 1 aliphatic carbocycles. The van der Waals surface area contributed by atoms with E-state index in [1.54, 1.807) is 0 Å². The Kier molecular flexibility index (Phi) is 4.10. The zero-order chi connectivity index (χ0) is 12.5. The van der Waals surface area contributed by atoms with Crippen LogP contribution < -0.4 is 5.73 Å². The van der Waals surface area contributed by atoms with Crippen molar-refractivity contribution >= 4 is 9.84 Å². The van der Waals surface area contributed by atoms with Crippen LogP contribution in [0.2, 0.25) is 0 Å². The number of nitrogens with zero attached hydrogens (tertiary/aromatic N) is 1. The van der Waals surface area contributed by atoms with Crippen LogP contribution in [0.25, 0.3) is 0 Å². The molecule has 0 aromatic rings. The molecule has 1 saturated heterocycles. The Bertz CT molecular complexity index is 348. The highest BCUT2D eigenvalue weighted by Gasteiger charge is 2.31. The highest BCUT2D eigenvalue weighted by molar-refractivity contribution is 7.91. The van der Waals surface area contributed by atoms with Crippen molar-refractivity contribution < 1.29 is 8.42 Å². The van der Waals surface area contributed by atoms with Crippen molar-refractivity contribution in [2.75, 3.05) is 25.1 Å². The summed E-state index contributed by atoms with van der Waals surface area (Å²) in [6.07, 6.45) is 5.46. The quantitative estimate of drug-likeness (QED) is 0.808. The molecule has 1 aliphatic heterocycles. The van der Waals surface area contributed by atoms with Gasteiger partial charge in [0, 0.05) is 18.6 Å². The maximum Gasteiger partial charge on any atom is 0.151 e. The first-order chi connectivity index (χ1) is 7.96. The van der Waals surface area contributed by atoms with Gasteiger partial charge in [0.05, 0.1) is 11.5 Å². The van der Waals surface area contributed by atoms with Gasteiger partial charge in [-0.1, -0.05) is 0 Å². The smallest absolute Gasteiger partial charge is 0.151 e. The van der Waals surface area contributed by atoms with Gasteiger partial charge >= 0.3 is 0 Å². The van der Waals surface area contributed by atoms with Crippen LogP contribution in [0.1, 0.15) is 32.1 Å². The third-order valence-corrected chi connectivity index (χ3v) is 6.02. The zero-order valence-corrected chi connectivity index (χ0v) is 11.5. The second-order valence-electron chi connectivity index (χ2n) is 5.78. The highest BCUT2D eigenvalue weighted by atomic mass is 32.2. The third kappa shape index (κ3) is 3.66. The van der Waals surface area contributed by atoms with Crippen molar-refractivity contribution in [3.8, 4) is 0 Å². The van der Waals surface area contributed by atoms with Crippen LogP contribution >= 0.6 is 0 Å². The molecule has 2 fully saturated rings. The minimum atomic E-state index is -2.75. The van der Waals surface area contributed by atoms with Gasteiger partial charge in [-0.25, -0.2) is 8.42 Å². The fraction of sp³-hybridized carbons (Fsp3) is 1.00. The molecule has 2 aliphatic rings. The van der Waals surface area contributed by atoms with Gasteiger partial charge in [-0.05, 0) is 45.1 Å². The van der Waals surface area contributed by atoms with Gasteiger partial charge in [0.2, 0.25) is 0 Å². The van der Waals surface area contributed by atoms with E-state index < -0.39 is 9.84 Å². The van der Waals surface area contributed by atoms with E-state index in [0.29, 0.717) is 23.5 Å². The molecular weight excluding hydrogens is 236 g/mol. The van der Waals surface area contributed by atoms with Crippen LogP contribution in [0.4, 0.5) is 0 Å². The Morgan fingerprint density at radius 3 is 2.35 bits per heavy atom. The fourth-order valence-corrected chi connectivity index (χ4v) is 4.86. The molecule has 1 saturated carbocycles. The third-order valence-electron chi connectivity index (χ3n) is 4.27. The first-order valence-corrected chi connectivity index (χ1v) is 8.44. The van der Waals surface area contributed by atoms with Crippen LogP contribution in [-0.4, -0.2) is 50.5 Å². The topological polar surface area (TPSA) is 63.4 Å². The summed E-state index contributed by atoms with van der Waals surface area (Å²) in [6, 6.07) is 0.638. The molecule has 2 rings (SSSR count). The van der Waals surface area contributed by atoms with Gasteiger partial charge in [-0.15, -0.1) is 0 Å². The lowest BCUT2D eigenvalue weighted by Gasteiger charge is -2.32. The predicted molar refractivity (Wildman–Crippen MR) is 69.6 cm³/mol. The van der Waals surface area contributed by atoms with Gasteiger partial charge in [0.15, 0.2) is 9.84 Å². The number of rotatable bonds is 3. The van der Waals surface area contributed by atoms with Crippen LogP contribution in [-0.2, 0) is 9.84 Å². The van der Waals surface area contributed by atoms with E-state index in [-0.39, 0.29) is 6.04 Å². The second-order valence-corrected chi connectivity index (χ2v) is 8.01. The second kappa shape index (κ2) is 5.24. The molecule has 1 atom stereocenters. The largest absolute Gasteiger partial charge is 0.328 e. The zero-order valence-electron chi connectivity index (χ0n) is 10.6. The van der Waals surface area contributed by atoms with E-state index >= 15 is 0 Å². The van der Waals surface area contributed by atoms with Crippen LogP contribution in [0, 0.1) is 5.92 Å². The minimum absolute atomic E-state index is 0.246. The molecule has 0 amide bonds. The lowest BCUT2D eigenvalue weighted by atomic mass is 9.86. The summed E-state index contributed by atoms with van der Waals surface area (Å²) in [5.74, 6) is 1.44. The molecule has 0 bridgehead atoms. The van der Waals surface area contributed by atoms with Gasteiger partial charge in [-0.3, -0.25) is 0 Å². The SMILES string of the molecule is CN(CC1CCC(N)CC1)C1CCS(=O)(=O)C1. The summed E-state index contributed by atoms with van der Waals surface area (Å²) >= 11 is 0. The molecule has 0 aromatic heterocycles. The Balaban J connectivity index is 1.79. The molecule has 1 unspecified atom stereocenters. The number of sulfone groups is 1. The van der Waals surface area contributed by atoms with Gasteiger partial charge < -0.3 is 10.6 Å². The van der Waals surface area contributed by atoms with Crippen molar-refractivity contribution in [1.29, 1.82) is 0 Å². The van der Waals surface area contributed by atoms with Gasteiger partial charge in [0.1, 0.15) is 0 Å². The summed E-state index contributed by atoms with van der Waals surface area (Å²) in [6.45, 7) is 1.03. The molecule has 100 valence electrons. The van der Waals surface area contributed by atoms with Crippen LogP contribution in [0.15, 0.2) is 0 Å². The average molecular weight is 260 g/mol. The van der Waals surface area contributed by atoms with Gasteiger partial charge in [-0.2, -0.15) is 0 Å². The maximum absolute atomic E-state index is 11.4. The standard InChI is InChI=1S/C12H24N2O2S/c1-14(12-6-7-17(15,16)9-12)8-10-2-4-11(13)5-3-10/h10-12H,2-9,13H2,1H3. The predicted octanol–water partition coefficient (Wildman–Crippen LogP) is 0.623. The monoisotopic (exact) mass is 260 g/mol. The Labute approximate surface area is 104 Å². The first-order valence-electron chi connectivity index (χ1n) is 6.62. The summed E-state index contributed by atoms with van der Waals surface area (Å²) in [7, 11) is -0.682. The van der Waals surface area contributed by atoms with Crippen molar-refractivity contribution in [2.24, 2.45) is 11.7 Å². The Morgan fingerprint density at radius 1 is 1.18 bits per heavy atom. The molecular formula is C12H24N2O2S. The van der Waals surface area contributed by atoms with Crippen LogP contribution in [0.3, 0.4) is 0 Å². The molecule has 0 radical (unpaired) electrons. The summed E-state index contributed by atoms with van der Waals surface area (Å²) in [5.41, 5.74) is 5.89. The van der Waals surface area contributed by atoms with E-state index in [1.165, 1.54) is 12.8 Å². The molecule has 1 heterocycles. The lowest BCUT2D eigenvalue weighted by molar-refractivity contribution is 0.188. The summed E-state index contributed by atoms with van der Waals surface area (Å²) in [5, 5.41) is 0. The molecule has 2 N–H and O–H groups in total. The fourth-order valence-electron chi connectivity index (χ4n) is 3.05. The summed E-state index contributed by atoms with van der Waals surface area (Å²) < 4.78 is 22.9. The lowest BCUT2D eigenvalue weighted by Crippen LogP contribution is -2.38. The van der Waals surface area contributed by atoms with Crippen molar-refractivity contribution in [3.05, 3.63) is 0 Å². The van der Waals surface area contributed by atoms with E-state index in [0.717, 1.165) is 25.8 Å². The number of hydrogen-bond donors (Lipinski definition) is 1. The first kappa shape index (κ1) is 13.3. The van der Waals surface area contributed by atoms with Crippen molar-refractivity contribution in [1.82, 2.24) is 4.90 Å². The van der Waals surface area contributed by atoms with Crippen LogP contribution in [0.5, 0.6) is 0 Å². The minimum Gasteiger partial charge on any atom is -0.328 e. The normalized spacial score (nSPS) is 37.5. The van der Waals surface area contributed by atoms with E-state index in [9.17, 15) is 8.42 Å². The van der Waals surface area contributed by atoms with E-state index in [4.69, 9.17) is 5.73 Å². The van der Waals surface area contributed by atoms with Crippen molar-refractivity contribution in [2.45, 2.75) is 44.2 Å². The summed E-state index contributed by atoms with van der Waals surface area (Å²) in [4.78, 5) is 2.26. The molecule has 0 aromatic carbocycles. The Hall–Kier alpha value is -0.130. The number of nitrogens with two attached hydrogens (primary N) is 1. The maximum atomic E-state index is 11.4. The van der Waals surface area contributed by atoms with E-state index in [1.807, 2.05) is 0 Å². The molecule has 0 spiro atoms. The van der Waals surface area contributed by atoms with Crippen molar-refractivity contribution in [3.63, 3.8) is 0 Å². The number of hydrogen-bond acceptors (Lipinski definition) is 4.